The highest BCUT2D eigenvalue weighted by atomic mass is 16.7. The first-order chi connectivity index (χ1) is 10.4. The van der Waals surface area contributed by atoms with Crippen molar-refractivity contribution in [2.45, 2.75) is 26.4 Å². The Hall–Kier alpha value is -2.11. The number of carbonyl (C=O) groups is 1. The van der Waals surface area contributed by atoms with Gasteiger partial charge in [0.1, 0.15) is 5.60 Å². The molecule has 0 radical (unpaired) electrons. The molecule has 2 aliphatic heterocycles. The number of rotatable bonds is 1. The zero-order valence-electron chi connectivity index (χ0n) is 13.3. The van der Waals surface area contributed by atoms with E-state index in [9.17, 15) is 4.79 Å². The molecule has 0 aliphatic carbocycles. The van der Waals surface area contributed by atoms with Gasteiger partial charge in [-0.3, -0.25) is 0 Å². The van der Waals surface area contributed by atoms with E-state index in [1.54, 1.807) is 4.90 Å². The minimum atomic E-state index is -0.453. The van der Waals surface area contributed by atoms with Gasteiger partial charge in [-0.2, -0.15) is 0 Å². The number of benzene rings is 1. The van der Waals surface area contributed by atoms with Crippen molar-refractivity contribution in [3.05, 3.63) is 18.2 Å². The lowest BCUT2D eigenvalue weighted by Crippen LogP contribution is -2.50. The number of ether oxygens (including phenoxy) is 3. The van der Waals surface area contributed by atoms with Crippen LogP contribution >= 0.6 is 0 Å². The summed E-state index contributed by atoms with van der Waals surface area (Å²) in [7, 11) is 0. The van der Waals surface area contributed by atoms with Crippen LogP contribution in [0.2, 0.25) is 0 Å². The highest BCUT2D eigenvalue weighted by molar-refractivity contribution is 5.69. The van der Waals surface area contributed by atoms with Crippen LogP contribution in [0.15, 0.2) is 18.2 Å². The summed E-state index contributed by atoms with van der Waals surface area (Å²) in [4.78, 5) is 16.1. The Morgan fingerprint density at radius 1 is 1.09 bits per heavy atom. The predicted molar refractivity (Wildman–Crippen MR) is 82.6 cm³/mol. The van der Waals surface area contributed by atoms with Crippen LogP contribution < -0.4 is 14.4 Å². The molecule has 2 heterocycles. The van der Waals surface area contributed by atoms with Crippen LogP contribution in [0, 0.1) is 0 Å². The third-order valence-corrected chi connectivity index (χ3v) is 3.65. The maximum atomic E-state index is 12.1. The molecular formula is C16H22N2O4. The second-order valence-electron chi connectivity index (χ2n) is 6.49. The Labute approximate surface area is 130 Å². The first-order valence-electron chi connectivity index (χ1n) is 7.55. The van der Waals surface area contributed by atoms with Crippen LogP contribution in [0.3, 0.4) is 0 Å². The number of hydrogen-bond donors (Lipinski definition) is 0. The van der Waals surface area contributed by atoms with Crippen molar-refractivity contribution in [1.82, 2.24) is 4.90 Å². The van der Waals surface area contributed by atoms with Gasteiger partial charge in [-0.1, -0.05) is 0 Å². The lowest BCUT2D eigenvalue weighted by atomic mass is 10.2. The number of piperazine rings is 1. The molecule has 1 saturated heterocycles. The normalized spacial score (nSPS) is 17.6. The van der Waals surface area contributed by atoms with Gasteiger partial charge >= 0.3 is 6.09 Å². The van der Waals surface area contributed by atoms with Crippen molar-refractivity contribution in [3.63, 3.8) is 0 Å². The lowest BCUT2D eigenvalue weighted by Gasteiger charge is -2.36. The van der Waals surface area contributed by atoms with Crippen LogP contribution in [0.5, 0.6) is 11.5 Å². The van der Waals surface area contributed by atoms with E-state index >= 15 is 0 Å². The summed E-state index contributed by atoms with van der Waals surface area (Å²) in [5.74, 6) is 1.57. The third-order valence-electron chi connectivity index (χ3n) is 3.65. The molecule has 3 rings (SSSR count). The van der Waals surface area contributed by atoms with Gasteiger partial charge in [0.05, 0.1) is 0 Å². The van der Waals surface area contributed by atoms with E-state index in [0.717, 1.165) is 30.3 Å². The van der Waals surface area contributed by atoms with Gasteiger partial charge in [0, 0.05) is 37.9 Å². The van der Waals surface area contributed by atoms with E-state index in [2.05, 4.69) is 4.90 Å². The van der Waals surface area contributed by atoms with E-state index in [1.165, 1.54) is 0 Å². The van der Waals surface area contributed by atoms with Crippen molar-refractivity contribution in [1.29, 1.82) is 0 Å². The number of nitrogens with zero attached hydrogens (tertiary/aromatic N) is 2. The molecule has 1 aromatic rings. The molecule has 0 spiro atoms. The molecule has 1 amide bonds. The monoisotopic (exact) mass is 306 g/mol. The molecule has 0 bridgehead atoms. The molecule has 2 aliphatic rings. The second kappa shape index (κ2) is 5.59. The van der Waals surface area contributed by atoms with Crippen molar-refractivity contribution < 1.29 is 19.0 Å². The zero-order valence-corrected chi connectivity index (χ0v) is 13.3. The van der Waals surface area contributed by atoms with Crippen molar-refractivity contribution in [2.24, 2.45) is 0 Å². The van der Waals surface area contributed by atoms with Gasteiger partial charge in [0.2, 0.25) is 6.79 Å². The van der Waals surface area contributed by atoms with E-state index in [-0.39, 0.29) is 12.9 Å². The summed E-state index contributed by atoms with van der Waals surface area (Å²) >= 11 is 0. The fourth-order valence-electron chi connectivity index (χ4n) is 2.56. The fraction of sp³-hybridized carbons (Fsp3) is 0.562. The summed E-state index contributed by atoms with van der Waals surface area (Å²) < 4.78 is 16.1. The predicted octanol–water partition coefficient (Wildman–Crippen LogP) is 2.47. The SMILES string of the molecule is CC(C)(C)OC(=O)N1CCN(c2ccc3c(c2)OCO3)CC1. The van der Waals surface area contributed by atoms with Gasteiger partial charge in [-0.25, -0.2) is 4.79 Å². The van der Waals surface area contributed by atoms with E-state index in [4.69, 9.17) is 14.2 Å². The number of carbonyl (C=O) groups excluding carboxylic acids is 1. The maximum Gasteiger partial charge on any atom is 0.410 e. The zero-order chi connectivity index (χ0) is 15.7. The Morgan fingerprint density at radius 2 is 1.77 bits per heavy atom. The average Bonchev–Trinajstić information content (AvgIpc) is 2.93. The molecule has 0 aromatic heterocycles. The Kier molecular flexibility index (Phi) is 3.76. The smallest absolute Gasteiger partial charge is 0.410 e. The summed E-state index contributed by atoms with van der Waals surface area (Å²) in [5, 5.41) is 0. The highest BCUT2D eigenvalue weighted by Crippen LogP contribution is 2.35. The summed E-state index contributed by atoms with van der Waals surface area (Å²) in [6.45, 7) is 8.80. The Bertz CT molecular complexity index is 560. The van der Waals surface area contributed by atoms with Crippen LogP contribution in [-0.4, -0.2) is 49.6 Å². The highest BCUT2D eigenvalue weighted by Gasteiger charge is 2.26. The van der Waals surface area contributed by atoms with Crippen molar-refractivity contribution in [3.8, 4) is 11.5 Å². The maximum absolute atomic E-state index is 12.1. The number of hydrogen-bond acceptors (Lipinski definition) is 5. The summed E-state index contributed by atoms with van der Waals surface area (Å²) in [5.41, 5.74) is 0.638. The number of anilines is 1. The van der Waals surface area contributed by atoms with Crippen LogP contribution in [-0.2, 0) is 4.74 Å². The van der Waals surface area contributed by atoms with Gasteiger partial charge in [0.25, 0.3) is 0 Å². The number of amides is 1. The molecule has 1 aromatic carbocycles. The first kappa shape index (κ1) is 14.8. The second-order valence-corrected chi connectivity index (χ2v) is 6.49. The molecule has 0 atom stereocenters. The fourth-order valence-corrected chi connectivity index (χ4v) is 2.56. The van der Waals surface area contributed by atoms with Gasteiger partial charge < -0.3 is 24.0 Å². The molecule has 0 unspecified atom stereocenters. The largest absolute Gasteiger partial charge is 0.454 e. The van der Waals surface area contributed by atoms with Crippen molar-refractivity contribution in [2.75, 3.05) is 37.9 Å². The Balaban J connectivity index is 1.59. The van der Waals surface area contributed by atoms with E-state index < -0.39 is 5.60 Å². The molecular weight excluding hydrogens is 284 g/mol. The molecule has 22 heavy (non-hydrogen) atoms. The van der Waals surface area contributed by atoms with Crippen LogP contribution in [0.4, 0.5) is 10.5 Å². The quantitative estimate of drug-likeness (QED) is 0.798. The molecule has 120 valence electrons. The topological polar surface area (TPSA) is 51.2 Å². The molecule has 0 N–H and O–H groups in total. The average molecular weight is 306 g/mol. The minimum Gasteiger partial charge on any atom is -0.454 e. The van der Waals surface area contributed by atoms with E-state index in [1.807, 2.05) is 39.0 Å². The molecule has 0 saturated carbocycles. The van der Waals surface area contributed by atoms with Gasteiger partial charge in [0.15, 0.2) is 11.5 Å². The first-order valence-corrected chi connectivity index (χ1v) is 7.55. The van der Waals surface area contributed by atoms with Gasteiger partial charge in [-0.15, -0.1) is 0 Å². The van der Waals surface area contributed by atoms with E-state index in [0.29, 0.717) is 13.1 Å². The Morgan fingerprint density at radius 3 is 2.45 bits per heavy atom. The lowest BCUT2D eigenvalue weighted by molar-refractivity contribution is 0.0240. The number of fused-ring (bicyclic) bond motifs is 1. The molecule has 6 nitrogen and oxygen atoms in total. The molecule has 6 heteroatoms. The van der Waals surface area contributed by atoms with Crippen LogP contribution in [0.25, 0.3) is 0 Å². The summed E-state index contributed by atoms with van der Waals surface area (Å²) in [6, 6.07) is 5.94. The van der Waals surface area contributed by atoms with Gasteiger partial charge in [-0.05, 0) is 32.9 Å². The van der Waals surface area contributed by atoms with Crippen molar-refractivity contribution >= 4 is 11.8 Å². The summed E-state index contributed by atoms with van der Waals surface area (Å²) in [6.07, 6.45) is -0.238. The molecule has 1 fully saturated rings. The minimum absolute atomic E-state index is 0.238. The standard InChI is InChI=1S/C16H22N2O4/c1-16(2,3)22-15(19)18-8-6-17(7-9-18)12-4-5-13-14(10-12)21-11-20-13/h4-5,10H,6-9,11H2,1-3H3. The third kappa shape index (κ3) is 3.21. The van der Waals surface area contributed by atoms with Crippen LogP contribution in [0.1, 0.15) is 20.8 Å².